The average Bonchev–Trinajstić information content (AvgIpc) is 2.96. The number of benzene rings is 1. The lowest BCUT2D eigenvalue weighted by Crippen LogP contribution is -2.36. The Morgan fingerprint density at radius 3 is 3.00 bits per heavy atom. The van der Waals surface area contributed by atoms with Gasteiger partial charge in [-0.05, 0) is 24.8 Å². The minimum absolute atomic E-state index is 0.0637. The molecule has 18 heavy (non-hydrogen) atoms. The molecule has 1 aliphatic rings. The number of nitrogens with one attached hydrogen (secondary N) is 2. The van der Waals surface area contributed by atoms with E-state index >= 15 is 0 Å². The first kappa shape index (κ1) is 11.3. The smallest absolute Gasteiger partial charge is 0.272 e. The highest BCUT2D eigenvalue weighted by atomic mass is 16.2. The van der Waals surface area contributed by atoms with Gasteiger partial charge in [-0.2, -0.15) is 5.10 Å². The number of H-pyrrole nitrogens is 1. The number of carbonyl (C=O) groups excluding carboxylic acids is 1. The van der Waals surface area contributed by atoms with Gasteiger partial charge in [0.05, 0.1) is 5.52 Å². The zero-order valence-electron chi connectivity index (χ0n) is 10.4. The van der Waals surface area contributed by atoms with Gasteiger partial charge in [0.1, 0.15) is 0 Å². The second-order valence-electron chi connectivity index (χ2n) is 5.11. The third-order valence-electron chi connectivity index (χ3n) is 3.86. The van der Waals surface area contributed by atoms with E-state index in [2.05, 4.69) is 22.4 Å². The lowest BCUT2D eigenvalue weighted by Gasteiger charge is -2.16. The maximum atomic E-state index is 12.2. The summed E-state index contributed by atoms with van der Waals surface area (Å²) in [6.07, 6.45) is 3.48. The molecule has 0 radical (unpaired) electrons. The summed E-state index contributed by atoms with van der Waals surface area (Å²) < 4.78 is 0. The van der Waals surface area contributed by atoms with Crippen molar-refractivity contribution >= 4 is 16.8 Å². The molecule has 1 aromatic carbocycles. The van der Waals surface area contributed by atoms with Crippen molar-refractivity contribution in [1.82, 2.24) is 15.5 Å². The van der Waals surface area contributed by atoms with Crippen LogP contribution in [-0.4, -0.2) is 22.1 Å². The van der Waals surface area contributed by atoms with Crippen LogP contribution in [0.15, 0.2) is 24.3 Å². The monoisotopic (exact) mass is 243 g/mol. The average molecular weight is 243 g/mol. The summed E-state index contributed by atoms with van der Waals surface area (Å²) in [5, 5.41) is 11.0. The molecule has 0 saturated heterocycles. The van der Waals surface area contributed by atoms with Gasteiger partial charge >= 0.3 is 0 Å². The van der Waals surface area contributed by atoms with Crippen molar-refractivity contribution in [2.45, 2.75) is 32.2 Å². The fourth-order valence-corrected chi connectivity index (χ4v) is 2.73. The molecule has 1 heterocycles. The van der Waals surface area contributed by atoms with Crippen LogP contribution < -0.4 is 5.32 Å². The van der Waals surface area contributed by atoms with Crippen LogP contribution in [0.3, 0.4) is 0 Å². The molecule has 1 amide bonds. The van der Waals surface area contributed by atoms with Gasteiger partial charge in [-0.25, -0.2) is 0 Å². The molecule has 2 atom stereocenters. The van der Waals surface area contributed by atoms with E-state index in [-0.39, 0.29) is 5.91 Å². The molecule has 2 N–H and O–H groups in total. The summed E-state index contributed by atoms with van der Waals surface area (Å²) in [6, 6.07) is 8.00. The second kappa shape index (κ2) is 4.44. The standard InChI is InChI=1S/C14H17N3O/c1-9-5-4-8-11(9)15-14(18)13-10-6-2-3-7-12(10)16-17-13/h2-3,6-7,9,11H,4-5,8H2,1H3,(H,15,18)(H,16,17). The van der Waals surface area contributed by atoms with E-state index < -0.39 is 0 Å². The van der Waals surface area contributed by atoms with Crippen molar-refractivity contribution in [2.24, 2.45) is 5.92 Å². The summed E-state index contributed by atoms with van der Waals surface area (Å²) in [4.78, 5) is 12.2. The number of aromatic amines is 1. The van der Waals surface area contributed by atoms with Crippen LogP contribution in [0.1, 0.15) is 36.7 Å². The van der Waals surface area contributed by atoms with E-state index in [1.807, 2.05) is 24.3 Å². The molecule has 4 nitrogen and oxygen atoms in total. The first-order chi connectivity index (χ1) is 8.75. The Morgan fingerprint density at radius 2 is 2.22 bits per heavy atom. The molecule has 0 spiro atoms. The number of hydrogen-bond donors (Lipinski definition) is 2. The molecule has 94 valence electrons. The van der Waals surface area contributed by atoms with Gasteiger partial charge in [0.25, 0.3) is 5.91 Å². The number of amides is 1. The van der Waals surface area contributed by atoms with E-state index in [1.54, 1.807) is 0 Å². The van der Waals surface area contributed by atoms with Crippen molar-refractivity contribution in [3.63, 3.8) is 0 Å². The highest BCUT2D eigenvalue weighted by Crippen LogP contribution is 2.25. The number of rotatable bonds is 2. The topological polar surface area (TPSA) is 57.8 Å². The molecule has 3 rings (SSSR count). The van der Waals surface area contributed by atoms with Crippen LogP contribution in [0.5, 0.6) is 0 Å². The fraction of sp³-hybridized carbons (Fsp3) is 0.429. The number of hydrogen-bond acceptors (Lipinski definition) is 2. The van der Waals surface area contributed by atoms with Gasteiger partial charge in [0, 0.05) is 11.4 Å². The minimum atomic E-state index is -0.0637. The van der Waals surface area contributed by atoms with Crippen molar-refractivity contribution in [3.8, 4) is 0 Å². The molecule has 1 aromatic heterocycles. The predicted molar refractivity (Wildman–Crippen MR) is 70.4 cm³/mol. The summed E-state index contributed by atoms with van der Waals surface area (Å²) in [5.74, 6) is 0.505. The van der Waals surface area contributed by atoms with Crippen molar-refractivity contribution in [3.05, 3.63) is 30.0 Å². The largest absolute Gasteiger partial charge is 0.348 e. The Labute approximate surface area is 106 Å². The molecule has 1 saturated carbocycles. The number of fused-ring (bicyclic) bond motifs is 1. The lowest BCUT2D eigenvalue weighted by molar-refractivity contribution is 0.0926. The van der Waals surface area contributed by atoms with Crippen LogP contribution in [0, 0.1) is 5.92 Å². The molecule has 1 aliphatic carbocycles. The van der Waals surface area contributed by atoms with E-state index in [9.17, 15) is 4.79 Å². The van der Waals surface area contributed by atoms with Crippen LogP contribution >= 0.6 is 0 Å². The third kappa shape index (κ3) is 1.88. The van der Waals surface area contributed by atoms with Gasteiger partial charge in [-0.3, -0.25) is 9.89 Å². The molecule has 1 fully saturated rings. The Bertz CT molecular complexity index is 575. The van der Waals surface area contributed by atoms with Crippen molar-refractivity contribution < 1.29 is 4.79 Å². The van der Waals surface area contributed by atoms with Crippen LogP contribution in [0.25, 0.3) is 10.9 Å². The summed E-state index contributed by atoms with van der Waals surface area (Å²) in [7, 11) is 0. The highest BCUT2D eigenvalue weighted by Gasteiger charge is 2.26. The maximum absolute atomic E-state index is 12.2. The van der Waals surface area contributed by atoms with E-state index in [4.69, 9.17) is 0 Å². The third-order valence-corrected chi connectivity index (χ3v) is 3.86. The predicted octanol–water partition coefficient (Wildman–Crippen LogP) is 2.48. The van der Waals surface area contributed by atoms with E-state index in [0.29, 0.717) is 17.7 Å². The normalized spacial score (nSPS) is 23.4. The van der Waals surface area contributed by atoms with Crippen LogP contribution in [0.4, 0.5) is 0 Å². The van der Waals surface area contributed by atoms with Crippen molar-refractivity contribution in [1.29, 1.82) is 0 Å². The maximum Gasteiger partial charge on any atom is 0.272 e. The molecule has 4 heteroatoms. The summed E-state index contributed by atoms with van der Waals surface area (Å²) >= 11 is 0. The van der Waals surface area contributed by atoms with Gasteiger partial charge in [0.15, 0.2) is 5.69 Å². The molecular weight excluding hydrogens is 226 g/mol. The van der Waals surface area contributed by atoms with Crippen LogP contribution in [0.2, 0.25) is 0 Å². The van der Waals surface area contributed by atoms with E-state index in [0.717, 1.165) is 17.3 Å². The van der Waals surface area contributed by atoms with Gasteiger partial charge in [0.2, 0.25) is 0 Å². The molecule has 0 aliphatic heterocycles. The van der Waals surface area contributed by atoms with Gasteiger partial charge in [-0.1, -0.05) is 31.5 Å². The Morgan fingerprint density at radius 1 is 1.39 bits per heavy atom. The number of para-hydroxylation sites is 1. The van der Waals surface area contributed by atoms with Crippen LogP contribution in [-0.2, 0) is 0 Å². The SMILES string of the molecule is CC1CCCC1NC(=O)c1n[nH]c2ccccc12. The Hall–Kier alpha value is -1.84. The van der Waals surface area contributed by atoms with Gasteiger partial charge in [-0.15, -0.1) is 0 Å². The summed E-state index contributed by atoms with van der Waals surface area (Å²) in [6.45, 7) is 2.20. The van der Waals surface area contributed by atoms with Crippen molar-refractivity contribution in [2.75, 3.05) is 0 Å². The Balaban J connectivity index is 1.84. The number of aromatic nitrogens is 2. The zero-order chi connectivity index (χ0) is 12.5. The minimum Gasteiger partial charge on any atom is -0.348 e. The highest BCUT2D eigenvalue weighted by molar-refractivity contribution is 6.04. The first-order valence-corrected chi connectivity index (χ1v) is 6.49. The molecule has 2 unspecified atom stereocenters. The fourth-order valence-electron chi connectivity index (χ4n) is 2.73. The van der Waals surface area contributed by atoms with E-state index in [1.165, 1.54) is 12.8 Å². The lowest BCUT2D eigenvalue weighted by atomic mass is 10.1. The number of carbonyl (C=O) groups is 1. The molecule has 2 aromatic rings. The van der Waals surface area contributed by atoms with Gasteiger partial charge < -0.3 is 5.32 Å². The molecule has 0 bridgehead atoms. The number of nitrogens with zero attached hydrogens (tertiary/aromatic N) is 1. The first-order valence-electron chi connectivity index (χ1n) is 6.49. The summed E-state index contributed by atoms with van der Waals surface area (Å²) in [5.41, 5.74) is 1.41. The quantitative estimate of drug-likeness (QED) is 0.851. The second-order valence-corrected chi connectivity index (χ2v) is 5.11. The Kier molecular flexibility index (Phi) is 2.78. The molecular formula is C14H17N3O. The zero-order valence-corrected chi connectivity index (χ0v) is 10.4.